The van der Waals surface area contributed by atoms with E-state index >= 15 is 0 Å². The van der Waals surface area contributed by atoms with Crippen molar-refractivity contribution in [3.8, 4) is 0 Å². The van der Waals surface area contributed by atoms with Crippen molar-refractivity contribution in [3.05, 3.63) is 34.1 Å². The molecule has 1 unspecified atom stereocenters. The van der Waals surface area contributed by atoms with Crippen LogP contribution in [-0.2, 0) is 4.74 Å². The van der Waals surface area contributed by atoms with Crippen molar-refractivity contribution in [1.29, 1.82) is 0 Å². The minimum Gasteiger partial charge on any atom is -0.379 e. The molecule has 18 heavy (non-hydrogen) atoms. The van der Waals surface area contributed by atoms with E-state index in [9.17, 15) is 4.39 Å². The number of hydrazine groups is 1. The van der Waals surface area contributed by atoms with Crippen LogP contribution in [0.3, 0.4) is 0 Å². The van der Waals surface area contributed by atoms with Crippen molar-refractivity contribution in [1.82, 2.24) is 10.4 Å². The minimum atomic E-state index is -0.269. The fourth-order valence-corrected chi connectivity index (χ4v) is 2.15. The molecule has 4 nitrogen and oxygen atoms in total. The maximum atomic E-state index is 13.5. The zero-order valence-corrected chi connectivity index (χ0v) is 11.6. The number of morpholine rings is 1. The highest BCUT2D eigenvalue weighted by molar-refractivity contribution is 9.10. The number of hydrogen-bond acceptors (Lipinski definition) is 4. The molecule has 1 aromatic rings. The summed E-state index contributed by atoms with van der Waals surface area (Å²) in [6.45, 7) is 3.46. The molecule has 0 saturated carbocycles. The summed E-state index contributed by atoms with van der Waals surface area (Å²) in [4.78, 5) is 0. The first-order chi connectivity index (χ1) is 8.70. The SMILES string of the molecule is NCC(NN1CCOCC1)c1ccc(Br)c(F)c1. The first-order valence-corrected chi connectivity index (χ1v) is 6.74. The van der Waals surface area contributed by atoms with E-state index in [1.54, 1.807) is 6.07 Å². The van der Waals surface area contributed by atoms with Crippen molar-refractivity contribution < 1.29 is 9.13 Å². The Bertz CT molecular complexity index is 399. The van der Waals surface area contributed by atoms with Crippen molar-refractivity contribution in [2.45, 2.75) is 6.04 Å². The zero-order chi connectivity index (χ0) is 13.0. The summed E-state index contributed by atoms with van der Waals surface area (Å²) in [5, 5.41) is 2.07. The molecule has 0 bridgehead atoms. The van der Waals surface area contributed by atoms with Crippen molar-refractivity contribution >= 4 is 15.9 Å². The lowest BCUT2D eigenvalue weighted by Crippen LogP contribution is -2.48. The first-order valence-electron chi connectivity index (χ1n) is 5.94. The molecule has 1 aliphatic rings. The molecule has 1 heterocycles. The first kappa shape index (κ1) is 13.9. The zero-order valence-electron chi connectivity index (χ0n) is 10.0. The number of ether oxygens (including phenoxy) is 1. The van der Waals surface area contributed by atoms with E-state index in [1.807, 2.05) is 6.07 Å². The molecule has 0 radical (unpaired) electrons. The number of nitrogens with one attached hydrogen (secondary N) is 1. The third-order valence-electron chi connectivity index (χ3n) is 2.93. The van der Waals surface area contributed by atoms with E-state index in [2.05, 4.69) is 26.4 Å². The molecular formula is C12H17BrFN3O. The number of benzene rings is 1. The van der Waals surface area contributed by atoms with Gasteiger partial charge in [-0.05, 0) is 33.6 Å². The molecule has 6 heteroatoms. The van der Waals surface area contributed by atoms with Crippen LogP contribution >= 0.6 is 15.9 Å². The van der Waals surface area contributed by atoms with Crippen molar-refractivity contribution in [2.24, 2.45) is 5.73 Å². The number of nitrogens with two attached hydrogens (primary N) is 1. The van der Waals surface area contributed by atoms with Crippen LogP contribution in [0.4, 0.5) is 4.39 Å². The van der Waals surface area contributed by atoms with Gasteiger partial charge in [0.05, 0.1) is 23.7 Å². The Morgan fingerprint density at radius 3 is 2.78 bits per heavy atom. The summed E-state index contributed by atoms with van der Waals surface area (Å²) in [5.41, 5.74) is 9.92. The smallest absolute Gasteiger partial charge is 0.137 e. The fraction of sp³-hybridized carbons (Fsp3) is 0.500. The van der Waals surface area contributed by atoms with Crippen molar-refractivity contribution in [3.63, 3.8) is 0 Å². The number of rotatable bonds is 4. The maximum absolute atomic E-state index is 13.5. The number of halogens is 2. The second-order valence-corrected chi connectivity index (χ2v) is 5.04. The molecule has 2 rings (SSSR count). The van der Waals surface area contributed by atoms with Crippen LogP contribution in [0.2, 0.25) is 0 Å². The molecule has 1 aromatic carbocycles. The van der Waals surface area contributed by atoms with Gasteiger partial charge < -0.3 is 10.5 Å². The van der Waals surface area contributed by atoms with Crippen LogP contribution in [0.25, 0.3) is 0 Å². The largest absolute Gasteiger partial charge is 0.379 e. The molecule has 1 atom stereocenters. The quantitative estimate of drug-likeness (QED) is 0.882. The number of hydrogen-bond donors (Lipinski definition) is 2. The van der Waals surface area contributed by atoms with Gasteiger partial charge in [0.25, 0.3) is 0 Å². The summed E-state index contributed by atoms with van der Waals surface area (Å²) < 4.78 is 19.2. The third-order valence-corrected chi connectivity index (χ3v) is 3.57. The fourth-order valence-electron chi connectivity index (χ4n) is 1.91. The Balaban J connectivity index is 2.04. The molecule has 0 aromatic heterocycles. The summed E-state index contributed by atoms with van der Waals surface area (Å²) in [6.07, 6.45) is 0. The lowest BCUT2D eigenvalue weighted by Gasteiger charge is -2.31. The van der Waals surface area contributed by atoms with E-state index in [-0.39, 0.29) is 11.9 Å². The van der Waals surface area contributed by atoms with Gasteiger partial charge in [0.15, 0.2) is 0 Å². The topological polar surface area (TPSA) is 50.5 Å². The van der Waals surface area contributed by atoms with Gasteiger partial charge in [0.2, 0.25) is 0 Å². The van der Waals surface area contributed by atoms with Crippen LogP contribution < -0.4 is 11.2 Å². The second kappa shape index (κ2) is 6.58. The summed E-state index contributed by atoms with van der Waals surface area (Å²) in [6, 6.07) is 5.01. The molecule has 0 aliphatic carbocycles. The highest BCUT2D eigenvalue weighted by Gasteiger charge is 2.17. The average Bonchev–Trinajstić information content (AvgIpc) is 2.40. The lowest BCUT2D eigenvalue weighted by atomic mass is 10.1. The second-order valence-electron chi connectivity index (χ2n) is 4.19. The van der Waals surface area contributed by atoms with Crippen LogP contribution in [0, 0.1) is 5.82 Å². The highest BCUT2D eigenvalue weighted by Crippen LogP contribution is 2.20. The molecule has 0 spiro atoms. The van der Waals surface area contributed by atoms with Gasteiger partial charge in [0, 0.05) is 19.6 Å². The normalized spacial score (nSPS) is 18.8. The standard InChI is InChI=1S/C12H17BrFN3O/c13-10-2-1-9(7-11(10)14)12(8-15)16-17-3-5-18-6-4-17/h1-2,7,12,16H,3-6,8,15H2. The highest BCUT2D eigenvalue weighted by atomic mass is 79.9. The molecule has 0 amide bonds. The van der Waals surface area contributed by atoms with E-state index in [0.717, 1.165) is 18.7 Å². The van der Waals surface area contributed by atoms with Gasteiger partial charge in [-0.25, -0.2) is 14.8 Å². The minimum absolute atomic E-state index is 0.0781. The molecular weight excluding hydrogens is 301 g/mol. The Kier molecular flexibility index (Phi) is 5.08. The average molecular weight is 318 g/mol. The Morgan fingerprint density at radius 1 is 1.44 bits per heavy atom. The van der Waals surface area contributed by atoms with E-state index in [1.165, 1.54) is 6.07 Å². The molecule has 1 aliphatic heterocycles. The molecule has 100 valence electrons. The van der Waals surface area contributed by atoms with Crippen LogP contribution in [0.15, 0.2) is 22.7 Å². The summed E-state index contributed by atoms with van der Waals surface area (Å²) >= 11 is 3.15. The maximum Gasteiger partial charge on any atom is 0.137 e. The van der Waals surface area contributed by atoms with E-state index < -0.39 is 0 Å². The Morgan fingerprint density at radius 2 is 2.17 bits per heavy atom. The Hall–Kier alpha value is -0.530. The summed E-state index contributed by atoms with van der Waals surface area (Å²) in [5.74, 6) is -0.269. The van der Waals surface area contributed by atoms with E-state index in [0.29, 0.717) is 24.2 Å². The van der Waals surface area contributed by atoms with E-state index in [4.69, 9.17) is 10.5 Å². The van der Waals surface area contributed by atoms with Crippen LogP contribution in [0.5, 0.6) is 0 Å². The molecule has 1 saturated heterocycles. The van der Waals surface area contributed by atoms with Gasteiger partial charge in [-0.15, -0.1) is 0 Å². The Labute approximate surface area is 114 Å². The van der Waals surface area contributed by atoms with Crippen molar-refractivity contribution in [2.75, 3.05) is 32.8 Å². The van der Waals surface area contributed by atoms with Gasteiger partial charge in [-0.3, -0.25) is 0 Å². The monoisotopic (exact) mass is 317 g/mol. The lowest BCUT2D eigenvalue weighted by molar-refractivity contribution is 0.00402. The summed E-state index contributed by atoms with van der Waals surface area (Å²) in [7, 11) is 0. The molecule has 3 N–H and O–H groups in total. The van der Waals surface area contributed by atoms with Gasteiger partial charge in [-0.1, -0.05) is 6.07 Å². The van der Waals surface area contributed by atoms with Gasteiger partial charge >= 0.3 is 0 Å². The molecule has 1 fully saturated rings. The van der Waals surface area contributed by atoms with Crippen LogP contribution in [0.1, 0.15) is 11.6 Å². The van der Waals surface area contributed by atoms with Crippen LogP contribution in [-0.4, -0.2) is 37.9 Å². The predicted octanol–water partition coefficient (Wildman–Crippen LogP) is 1.42. The van der Waals surface area contributed by atoms with Gasteiger partial charge in [-0.2, -0.15) is 0 Å². The van der Waals surface area contributed by atoms with Gasteiger partial charge in [0.1, 0.15) is 5.82 Å². The predicted molar refractivity (Wildman–Crippen MR) is 71.4 cm³/mol. The third kappa shape index (κ3) is 3.49. The number of nitrogens with zero attached hydrogens (tertiary/aromatic N) is 1.